The van der Waals surface area contributed by atoms with Crippen LogP contribution in [-0.4, -0.2) is 20.8 Å². The zero-order valence-electron chi connectivity index (χ0n) is 10.9. The van der Waals surface area contributed by atoms with Crippen LogP contribution in [0.4, 0.5) is 13.2 Å². The molecule has 0 aliphatic heterocycles. The number of alkyl halides is 3. The molecule has 1 aliphatic carbocycles. The highest BCUT2D eigenvalue weighted by Crippen LogP contribution is 2.28. The third-order valence-corrected chi connectivity index (χ3v) is 3.50. The van der Waals surface area contributed by atoms with Gasteiger partial charge in [0.2, 0.25) is 0 Å². The van der Waals surface area contributed by atoms with Crippen LogP contribution in [0.3, 0.4) is 0 Å². The van der Waals surface area contributed by atoms with E-state index in [1.165, 1.54) is 12.3 Å². The van der Waals surface area contributed by atoms with Crippen LogP contribution in [0.2, 0.25) is 5.02 Å². The summed E-state index contributed by atoms with van der Waals surface area (Å²) < 4.78 is 38.7. The number of rotatable bonds is 4. The van der Waals surface area contributed by atoms with E-state index in [0.717, 1.165) is 23.6 Å². The number of halogens is 4. The SMILES string of the molecule is FC(F)(F)c1ccn(-c2ccc(Cl)c(CNC3CC3)n2)n1. The van der Waals surface area contributed by atoms with Crippen molar-refractivity contribution in [1.82, 2.24) is 20.1 Å². The molecule has 0 atom stereocenters. The monoisotopic (exact) mass is 316 g/mol. The molecule has 1 fully saturated rings. The molecule has 4 nitrogen and oxygen atoms in total. The van der Waals surface area contributed by atoms with Gasteiger partial charge < -0.3 is 5.32 Å². The van der Waals surface area contributed by atoms with Crippen molar-refractivity contribution in [2.45, 2.75) is 31.6 Å². The first kappa shape index (κ1) is 14.3. The summed E-state index contributed by atoms with van der Waals surface area (Å²) in [6.07, 6.45) is -0.970. The lowest BCUT2D eigenvalue weighted by atomic mass is 10.3. The van der Waals surface area contributed by atoms with Crippen LogP contribution in [0, 0.1) is 0 Å². The normalized spacial score (nSPS) is 15.4. The maximum atomic E-state index is 12.5. The molecule has 0 amide bonds. The van der Waals surface area contributed by atoms with Crippen LogP contribution in [0.25, 0.3) is 5.82 Å². The molecule has 112 valence electrons. The molecule has 1 aliphatic rings. The van der Waals surface area contributed by atoms with Gasteiger partial charge in [0.05, 0.1) is 10.7 Å². The molecule has 2 aromatic rings. The van der Waals surface area contributed by atoms with Crippen LogP contribution >= 0.6 is 11.6 Å². The first-order valence-corrected chi connectivity index (χ1v) is 6.83. The molecule has 2 heterocycles. The second-order valence-electron chi connectivity index (χ2n) is 4.90. The smallest absolute Gasteiger partial charge is 0.308 e. The van der Waals surface area contributed by atoms with Gasteiger partial charge in [0, 0.05) is 18.8 Å². The van der Waals surface area contributed by atoms with Crippen molar-refractivity contribution < 1.29 is 13.2 Å². The van der Waals surface area contributed by atoms with E-state index < -0.39 is 11.9 Å². The molecule has 1 N–H and O–H groups in total. The highest BCUT2D eigenvalue weighted by Gasteiger charge is 2.33. The molecular weight excluding hydrogens is 305 g/mol. The molecule has 0 spiro atoms. The number of nitrogens with zero attached hydrogens (tertiary/aromatic N) is 3. The maximum Gasteiger partial charge on any atom is 0.435 e. The fourth-order valence-electron chi connectivity index (χ4n) is 1.86. The van der Waals surface area contributed by atoms with E-state index in [9.17, 15) is 13.2 Å². The Kier molecular flexibility index (Phi) is 3.62. The van der Waals surface area contributed by atoms with Gasteiger partial charge in [-0.15, -0.1) is 0 Å². The molecule has 0 unspecified atom stereocenters. The lowest BCUT2D eigenvalue weighted by Gasteiger charge is -2.08. The predicted octanol–water partition coefficient (Wildman–Crippen LogP) is 3.19. The lowest BCUT2D eigenvalue weighted by Crippen LogP contribution is -2.17. The summed E-state index contributed by atoms with van der Waals surface area (Å²) in [5, 5.41) is 7.24. The molecule has 2 aromatic heterocycles. The number of aromatic nitrogens is 3. The van der Waals surface area contributed by atoms with E-state index in [4.69, 9.17) is 11.6 Å². The minimum Gasteiger partial charge on any atom is -0.308 e. The third kappa shape index (κ3) is 3.36. The average Bonchev–Trinajstić information content (AvgIpc) is 3.10. The van der Waals surface area contributed by atoms with E-state index >= 15 is 0 Å². The van der Waals surface area contributed by atoms with E-state index in [0.29, 0.717) is 29.1 Å². The van der Waals surface area contributed by atoms with Gasteiger partial charge >= 0.3 is 6.18 Å². The van der Waals surface area contributed by atoms with E-state index in [-0.39, 0.29) is 0 Å². The minimum absolute atomic E-state index is 0.308. The molecular formula is C13H12ClF3N4. The Bertz CT molecular complexity index is 649. The molecule has 8 heteroatoms. The van der Waals surface area contributed by atoms with Gasteiger partial charge in [-0.1, -0.05) is 11.6 Å². The second kappa shape index (κ2) is 5.31. The summed E-state index contributed by atoms with van der Waals surface area (Å²) in [7, 11) is 0. The minimum atomic E-state index is -4.46. The van der Waals surface area contributed by atoms with Crippen molar-refractivity contribution in [3.05, 3.63) is 40.8 Å². The molecule has 0 radical (unpaired) electrons. The Morgan fingerprint density at radius 2 is 2.05 bits per heavy atom. The zero-order valence-corrected chi connectivity index (χ0v) is 11.6. The van der Waals surface area contributed by atoms with E-state index in [1.807, 2.05) is 0 Å². The van der Waals surface area contributed by atoms with Gasteiger partial charge in [0.1, 0.15) is 0 Å². The van der Waals surface area contributed by atoms with Gasteiger partial charge in [-0.05, 0) is 31.0 Å². The van der Waals surface area contributed by atoms with Crippen LogP contribution in [0.15, 0.2) is 24.4 Å². The van der Waals surface area contributed by atoms with Crippen molar-refractivity contribution >= 4 is 11.6 Å². The first-order chi connectivity index (χ1) is 9.93. The Labute approximate surface area is 123 Å². The summed E-state index contributed by atoms with van der Waals surface area (Å²) in [5.41, 5.74) is -0.345. The van der Waals surface area contributed by atoms with Gasteiger partial charge in [-0.3, -0.25) is 0 Å². The standard InChI is InChI=1S/C13H12ClF3N4/c14-9-3-4-12(19-10(9)7-18-8-1-2-8)21-6-5-11(20-21)13(15,16)17/h3-6,8,18H,1-2,7H2. The van der Waals surface area contributed by atoms with Crippen molar-refractivity contribution in [3.63, 3.8) is 0 Å². The third-order valence-electron chi connectivity index (χ3n) is 3.15. The number of hydrogen-bond donors (Lipinski definition) is 1. The molecule has 3 rings (SSSR count). The molecule has 0 aromatic carbocycles. The van der Waals surface area contributed by atoms with E-state index in [1.54, 1.807) is 6.07 Å². The predicted molar refractivity (Wildman–Crippen MR) is 71.2 cm³/mol. The second-order valence-corrected chi connectivity index (χ2v) is 5.30. The quantitative estimate of drug-likeness (QED) is 0.942. The van der Waals surface area contributed by atoms with Crippen LogP contribution < -0.4 is 5.32 Å². The summed E-state index contributed by atoms with van der Waals surface area (Å²) in [5.74, 6) is 0.308. The van der Waals surface area contributed by atoms with Crippen molar-refractivity contribution in [2.75, 3.05) is 0 Å². The molecule has 1 saturated carbocycles. The number of hydrogen-bond acceptors (Lipinski definition) is 3. The van der Waals surface area contributed by atoms with Gasteiger partial charge in [0.15, 0.2) is 11.5 Å². The lowest BCUT2D eigenvalue weighted by molar-refractivity contribution is -0.141. The van der Waals surface area contributed by atoms with Crippen LogP contribution in [0.5, 0.6) is 0 Å². The molecule has 0 bridgehead atoms. The summed E-state index contributed by atoms with van der Waals surface area (Å²) in [6, 6.07) is 4.56. The van der Waals surface area contributed by atoms with Gasteiger partial charge in [-0.25, -0.2) is 9.67 Å². The van der Waals surface area contributed by atoms with Crippen molar-refractivity contribution in [3.8, 4) is 5.82 Å². The molecule has 21 heavy (non-hydrogen) atoms. The summed E-state index contributed by atoms with van der Waals surface area (Å²) in [6.45, 7) is 0.491. The summed E-state index contributed by atoms with van der Waals surface area (Å²) in [4.78, 5) is 4.28. The largest absolute Gasteiger partial charge is 0.435 e. The Morgan fingerprint density at radius 3 is 2.67 bits per heavy atom. The Balaban J connectivity index is 1.84. The van der Waals surface area contributed by atoms with Crippen molar-refractivity contribution in [1.29, 1.82) is 0 Å². The average molecular weight is 317 g/mol. The van der Waals surface area contributed by atoms with Gasteiger partial charge in [0.25, 0.3) is 0 Å². The van der Waals surface area contributed by atoms with Crippen LogP contribution in [-0.2, 0) is 12.7 Å². The van der Waals surface area contributed by atoms with Gasteiger partial charge in [-0.2, -0.15) is 18.3 Å². The summed E-state index contributed by atoms with van der Waals surface area (Å²) >= 11 is 6.05. The highest BCUT2D eigenvalue weighted by molar-refractivity contribution is 6.31. The maximum absolute atomic E-state index is 12.5. The Hall–Kier alpha value is -1.60. The zero-order chi connectivity index (χ0) is 15.0. The fourth-order valence-corrected chi connectivity index (χ4v) is 2.03. The topological polar surface area (TPSA) is 42.7 Å². The molecule has 0 saturated heterocycles. The van der Waals surface area contributed by atoms with Crippen molar-refractivity contribution in [2.24, 2.45) is 0 Å². The number of nitrogens with one attached hydrogen (secondary N) is 1. The Morgan fingerprint density at radius 1 is 1.29 bits per heavy atom. The van der Waals surface area contributed by atoms with E-state index in [2.05, 4.69) is 15.4 Å². The first-order valence-electron chi connectivity index (χ1n) is 6.45. The fraction of sp³-hybridized carbons (Fsp3) is 0.385. The number of pyridine rings is 1. The van der Waals surface area contributed by atoms with Crippen LogP contribution in [0.1, 0.15) is 24.2 Å². The highest BCUT2D eigenvalue weighted by atomic mass is 35.5.